The molecule has 14 heavy (non-hydrogen) atoms. The predicted octanol–water partition coefficient (Wildman–Crippen LogP) is 2.31. The van der Waals surface area contributed by atoms with Crippen molar-refractivity contribution in [1.29, 1.82) is 0 Å². The van der Waals surface area contributed by atoms with Crippen LogP contribution in [0.15, 0.2) is 0 Å². The maximum Gasteiger partial charge on any atom is 0.407 e. The van der Waals surface area contributed by atoms with Crippen LogP contribution in [0.1, 0.15) is 40.0 Å². The van der Waals surface area contributed by atoms with Gasteiger partial charge < -0.3 is 10.1 Å². The summed E-state index contributed by atoms with van der Waals surface area (Å²) in [6, 6.07) is 0.400. The van der Waals surface area contributed by atoms with Gasteiger partial charge in [-0.3, -0.25) is 0 Å². The van der Waals surface area contributed by atoms with E-state index in [4.69, 9.17) is 4.74 Å². The summed E-state index contributed by atoms with van der Waals surface area (Å²) in [4.78, 5) is 11.4. The topological polar surface area (TPSA) is 38.3 Å². The summed E-state index contributed by atoms with van der Waals surface area (Å²) in [5, 5.41) is 2.92. The normalized spacial score (nSPS) is 31.1. The van der Waals surface area contributed by atoms with Crippen LogP contribution in [-0.4, -0.2) is 17.7 Å². The molecule has 3 nitrogen and oxygen atoms in total. The van der Waals surface area contributed by atoms with Gasteiger partial charge in [-0.05, 0) is 51.9 Å². The minimum atomic E-state index is -0.381. The average molecular weight is 197 g/mol. The van der Waals surface area contributed by atoms with Gasteiger partial charge in [0.2, 0.25) is 0 Å². The molecule has 1 amide bonds. The summed E-state index contributed by atoms with van der Waals surface area (Å²) in [5.74, 6) is 1.65. The standard InChI is InChI=1S/C11H19NO2/c1-11(2,3)14-10(13)12-9-6-8(9)7-4-5-7/h7-9H,4-6H2,1-3H3,(H,12,13)/t8-,9+/m0/s1. The molecule has 0 heterocycles. The summed E-state index contributed by atoms with van der Waals surface area (Å²) >= 11 is 0. The lowest BCUT2D eigenvalue weighted by Gasteiger charge is -2.19. The Morgan fingerprint density at radius 2 is 2.00 bits per heavy atom. The first kappa shape index (κ1) is 9.81. The zero-order chi connectivity index (χ0) is 10.3. The first-order valence-corrected chi connectivity index (χ1v) is 5.45. The van der Waals surface area contributed by atoms with E-state index in [1.807, 2.05) is 20.8 Å². The van der Waals surface area contributed by atoms with Crippen LogP contribution in [0, 0.1) is 11.8 Å². The zero-order valence-electron chi connectivity index (χ0n) is 9.17. The van der Waals surface area contributed by atoms with Crippen LogP contribution in [0.3, 0.4) is 0 Å². The molecule has 2 saturated carbocycles. The highest BCUT2D eigenvalue weighted by Gasteiger charge is 2.48. The van der Waals surface area contributed by atoms with Gasteiger partial charge in [0.15, 0.2) is 0 Å². The van der Waals surface area contributed by atoms with Crippen LogP contribution >= 0.6 is 0 Å². The molecule has 2 fully saturated rings. The molecule has 0 bridgehead atoms. The van der Waals surface area contributed by atoms with Crippen LogP contribution in [0.2, 0.25) is 0 Å². The molecule has 0 aromatic carbocycles. The fraction of sp³-hybridized carbons (Fsp3) is 0.909. The van der Waals surface area contributed by atoms with Crippen molar-refractivity contribution < 1.29 is 9.53 Å². The van der Waals surface area contributed by atoms with E-state index in [1.54, 1.807) is 0 Å². The van der Waals surface area contributed by atoms with Crippen molar-refractivity contribution in [3.63, 3.8) is 0 Å². The third-order valence-electron chi connectivity index (χ3n) is 2.77. The number of carbonyl (C=O) groups is 1. The molecule has 0 saturated heterocycles. The maximum absolute atomic E-state index is 11.4. The van der Waals surface area contributed by atoms with Crippen molar-refractivity contribution in [2.45, 2.75) is 51.7 Å². The van der Waals surface area contributed by atoms with E-state index in [0.29, 0.717) is 6.04 Å². The van der Waals surface area contributed by atoms with Gasteiger partial charge >= 0.3 is 6.09 Å². The van der Waals surface area contributed by atoms with E-state index < -0.39 is 0 Å². The lowest BCUT2D eigenvalue weighted by molar-refractivity contribution is 0.0520. The molecule has 0 aliphatic heterocycles. The molecular weight excluding hydrogens is 178 g/mol. The molecule has 2 rings (SSSR count). The van der Waals surface area contributed by atoms with E-state index in [0.717, 1.165) is 18.3 Å². The van der Waals surface area contributed by atoms with E-state index in [9.17, 15) is 4.79 Å². The molecular formula is C11H19NO2. The van der Waals surface area contributed by atoms with Crippen molar-refractivity contribution in [2.75, 3.05) is 0 Å². The Balaban J connectivity index is 1.68. The second-order valence-electron chi connectivity index (χ2n) is 5.49. The van der Waals surface area contributed by atoms with Gasteiger partial charge in [0.1, 0.15) is 5.60 Å². The molecule has 0 aromatic rings. The van der Waals surface area contributed by atoms with Crippen LogP contribution in [0.5, 0.6) is 0 Å². The van der Waals surface area contributed by atoms with Crippen molar-refractivity contribution in [2.24, 2.45) is 11.8 Å². The Morgan fingerprint density at radius 3 is 2.50 bits per heavy atom. The van der Waals surface area contributed by atoms with Crippen LogP contribution < -0.4 is 5.32 Å². The SMILES string of the molecule is CC(C)(C)OC(=O)N[C@@H]1C[C@H]1C1CC1. The fourth-order valence-electron chi connectivity index (χ4n) is 1.88. The molecule has 0 radical (unpaired) electrons. The summed E-state index contributed by atoms with van der Waals surface area (Å²) in [6.07, 6.45) is 3.61. The second kappa shape index (κ2) is 3.14. The zero-order valence-corrected chi connectivity index (χ0v) is 9.17. The van der Waals surface area contributed by atoms with Crippen molar-refractivity contribution in [3.8, 4) is 0 Å². The number of carbonyl (C=O) groups excluding carboxylic acids is 1. The number of rotatable bonds is 2. The summed E-state index contributed by atoms with van der Waals surface area (Å²) in [5.41, 5.74) is -0.381. The van der Waals surface area contributed by atoms with Crippen LogP contribution in [-0.2, 0) is 4.74 Å². The summed E-state index contributed by atoms with van der Waals surface area (Å²) < 4.78 is 5.19. The first-order chi connectivity index (χ1) is 6.46. The van der Waals surface area contributed by atoms with Crippen molar-refractivity contribution in [1.82, 2.24) is 5.32 Å². The van der Waals surface area contributed by atoms with Crippen LogP contribution in [0.25, 0.3) is 0 Å². The largest absolute Gasteiger partial charge is 0.444 e. The number of hydrogen-bond donors (Lipinski definition) is 1. The highest BCUT2D eigenvalue weighted by atomic mass is 16.6. The minimum absolute atomic E-state index is 0.259. The molecule has 0 spiro atoms. The van der Waals surface area contributed by atoms with Crippen LogP contribution in [0.4, 0.5) is 4.79 Å². The van der Waals surface area contributed by atoms with Gasteiger partial charge in [0.05, 0.1) is 0 Å². The van der Waals surface area contributed by atoms with Gasteiger partial charge in [-0.2, -0.15) is 0 Å². The lowest BCUT2D eigenvalue weighted by Crippen LogP contribution is -2.34. The fourth-order valence-corrected chi connectivity index (χ4v) is 1.88. The highest BCUT2D eigenvalue weighted by molar-refractivity contribution is 5.68. The van der Waals surface area contributed by atoms with Gasteiger partial charge in [-0.25, -0.2) is 4.79 Å². The molecule has 2 aliphatic carbocycles. The number of alkyl carbamates (subject to hydrolysis) is 1. The van der Waals surface area contributed by atoms with E-state index in [1.165, 1.54) is 12.8 Å². The van der Waals surface area contributed by atoms with Gasteiger partial charge in [-0.1, -0.05) is 0 Å². The molecule has 3 heteroatoms. The third-order valence-corrected chi connectivity index (χ3v) is 2.77. The number of nitrogens with one attached hydrogen (secondary N) is 1. The van der Waals surface area contributed by atoms with Gasteiger partial charge in [-0.15, -0.1) is 0 Å². The van der Waals surface area contributed by atoms with Gasteiger partial charge in [0, 0.05) is 6.04 Å². The summed E-state index contributed by atoms with van der Waals surface area (Å²) in [6.45, 7) is 5.66. The smallest absolute Gasteiger partial charge is 0.407 e. The number of ether oxygens (including phenoxy) is 1. The maximum atomic E-state index is 11.4. The van der Waals surface area contributed by atoms with Crippen molar-refractivity contribution in [3.05, 3.63) is 0 Å². The molecule has 1 N–H and O–H groups in total. The molecule has 80 valence electrons. The highest BCUT2D eigenvalue weighted by Crippen LogP contribution is 2.49. The second-order valence-corrected chi connectivity index (χ2v) is 5.49. The van der Waals surface area contributed by atoms with E-state index >= 15 is 0 Å². The Morgan fingerprint density at radius 1 is 1.36 bits per heavy atom. The number of hydrogen-bond acceptors (Lipinski definition) is 2. The number of amides is 1. The minimum Gasteiger partial charge on any atom is -0.444 e. The third kappa shape index (κ3) is 2.63. The summed E-state index contributed by atoms with van der Waals surface area (Å²) in [7, 11) is 0. The molecule has 2 atom stereocenters. The Bertz CT molecular complexity index is 240. The molecule has 0 unspecified atom stereocenters. The quantitative estimate of drug-likeness (QED) is 0.737. The van der Waals surface area contributed by atoms with E-state index in [2.05, 4.69) is 5.32 Å². The predicted molar refractivity (Wildman–Crippen MR) is 54.0 cm³/mol. The first-order valence-electron chi connectivity index (χ1n) is 5.45. The Hall–Kier alpha value is -0.730. The van der Waals surface area contributed by atoms with Crippen molar-refractivity contribution >= 4 is 6.09 Å². The Labute approximate surface area is 85.2 Å². The average Bonchev–Trinajstić information content (AvgIpc) is 2.71. The molecule has 2 aliphatic rings. The lowest BCUT2D eigenvalue weighted by atomic mass is 10.2. The Kier molecular flexibility index (Phi) is 2.20. The van der Waals surface area contributed by atoms with Gasteiger partial charge in [0.25, 0.3) is 0 Å². The monoisotopic (exact) mass is 197 g/mol. The van der Waals surface area contributed by atoms with E-state index in [-0.39, 0.29) is 11.7 Å². The molecule has 0 aromatic heterocycles.